The molecule has 0 aliphatic heterocycles. The summed E-state index contributed by atoms with van der Waals surface area (Å²) >= 11 is 0. The monoisotopic (exact) mass is 446 g/mol. The second kappa shape index (κ2) is 49.5. The molecule has 0 atom stereocenters. The first kappa shape index (κ1) is 35.4. The van der Waals surface area contributed by atoms with Crippen LogP contribution < -0.4 is 0 Å². The molecule has 0 saturated heterocycles. The van der Waals surface area contributed by atoms with Gasteiger partial charge in [0.1, 0.15) is 0 Å². The third kappa shape index (κ3) is 79.2. The van der Waals surface area contributed by atoms with Crippen LogP contribution in [0, 0.1) is 0 Å². The molecule has 4 radical (unpaired) electrons. The van der Waals surface area contributed by atoms with Gasteiger partial charge in [-0.1, -0.05) is 107 Å². The fraction of sp³-hybridized carbons (Fsp3) is 0.870. The van der Waals surface area contributed by atoms with Crippen LogP contribution in [0.4, 0.5) is 0 Å². The first-order chi connectivity index (χ1) is 11.2. The van der Waals surface area contributed by atoms with Crippen LogP contribution in [0.15, 0.2) is 17.9 Å². The van der Waals surface area contributed by atoms with Crippen LogP contribution >= 0.6 is 0 Å². The van der Waals surface area contributed by atoms with Crippen LogP contribution in [0.1, 0.15) is 132 Å². The van der Waals surface area contributed by atoms with E-state index in [1.807, 2.05) is 0 Å². The molecule has 0 rings (SSSR count). The van der Waals surface area contributed by atoms with E-state index in [0.717, 1.165) is 0 Å². The molecule has 0 aliphatic rings. The van der Waals surface area contributed by atoms with Gasteiger partial charge in [-0.2, -0.15) is 0 Å². The van der Waals surface area contributed by atoms with E-state index in [0.29, 0.717) is 0 Å². The zero-order valence-electron chi connectivity index (χ0n) is 18.6. The molecule has 0 heterocycles. The standard InChI is InChI=1S/C11H20.3C4H10.Sn/c1-3-5-7-9-11-10-8-6-4-2;3*1-3-4-2;/h9-10H,3-8H2,1-2H3;3*3-4H2,1-2H3;. The SMILES string of the molecule is CCCC.CCCC.CCCC.CCCCC=C=CCCCC.[Sn]. The summed E-state index contributed by atoms with van der Waals surface area (Å²) in [5.41, 5.74) is 3.20. The number of hydrogen-bond donors (Lipinski definition) is 0. The first-order valence-electron chi connectivity index (χ1n) is 10.6. The smallest absolute Gasteiger partial charge is 0 e. The first-order valence-corrected chi connectivity index (χ1v) is 10.6. The molecular weight excluding hydrogens is 395 g/mol. The van der Waals surface area contributed by atoms with Gasteiger partial charge in [-0.15, -0.1) is 5.73 Å². The summed E-state index contributed by atoms with van der Waals surface area (Å²) in [6.45, 7) is 17.5. The van der Waals surface area contributed by atoms with E-state index in [9.17, 15) is 0 Å². The van der Waals surface area contributed by atoms with Crippen molar-refractivity contribution in [3.8, 4) is 0 Å². The predicted octanol–water partition coefficient (Wildman–Crippen LogP) is 9.12. The minimum atomic E-state index is 0. The number of hydrogen-bond acceptors (Lipinski definition) is 0. The summed E-state index contributed by atoms with van der Waals surface area (Å²) in [4.78, 5) is 0. The molecule has 0 amide bonds. The normalized spacial score (nSPS) is 7.83. The minimum Gasteiger partial charge on any atom is -0.130 e. The molecular formula is C23H50Sn. The molecule has 1 heteroatoms. The van der Waals surface area contributed by atoms with Crippen molar-refractivity contribution in [1.82, 2.24) is 0 Å². The molecule has 0 aromatic carbocycles. The fourth-order valence-electron chi connectivity index (χ4n) is 0.862. The molecule has 0 unspecified atom stereocenters. The summed E-state index contributed by atoms with van der Waals surface area (Å²) in [5, 5.41) is 0. The molecule has 0 aliphatic carbocycles. The van der Waals surface area contributed by atoms with Crippen molar-refractivity contribution in [2.24, 2.45) is 0 Å². The molecule has 24 heavy (non-hydrogen) atoms. The van der Waals surface area contributed by atoms with E-state index in [-0.39, 0.29) is 23.9 Å². The second-order valence-electron chi connectivity index (χ2n) is 5.86. The van der Waals surface area contributed by atoms with Crippen LogP contribution in [0.5, 0.6) is 0 Å². The third-order valence-electron chi connectivity index (χ3n) is 3.14. The van der Waals surface area contributed by atoms with Gasteiger partial charge in [-0.3, -0.25) is 0 Å². The van der Waals surface area contributed by atoms with Gasteiger partial charge in [0.15, 0.2) is 0 Å². The zero-order chi connectivity index (χ0) is 18.6. The Bertz CT molecular complexity index is 163. The van der Waals surface area contributed by atoms with Crippen molar-refractivity contribution < 1.29 is 0 Å². The van der Waals surface area contributed by atoms with E-state index in [4.69, 9.17) is 0 Å². The summed E-state index contributed by atoms with van der Waals surface area (Å²) in [7, 11) is 0. The number of rotatable bonds is 9. The summed E-state index contributed by atoms with van der Waals surface area (Å²) in [5.74, 6) is 0. The Morgan fingerprint density at radius 2 is 0.708 bits per heavy atom. The molecule has 146 valence electrons. The van der Waals surface area contributed by atoms with Crippen LogP contribution in [-0.4, -0.2) is 23.9 Å². The zero-order valence-corrected chi connectivity index (χ0v) is 21.5. The van der Waals surface area contributed by atoms with E-state index in [1.54, 1.807) is 0 Å². The molecule has 0 spiro atoms. The third-order valence-corrected chi connectivity index (χ3v) is 3.14. The quantitative estimate of drug-likeness (QED) is 0.189. The van der Waals surface area contributed by atoms with Crippen molar-refractivity contribution in [2.45, 2.75) is 132 Å². The maximum atomic E-state index is 3.20. The predicted molar refractivity (Wildman–Crippen MR) is 119 cm³/mol. The van der Waals surface area contributed by atoms with Gasteiger partial charge >= 0.3 is 0 Å². The second-order valence-corrected chi connectivity index (χ2v) is 5.86. The molecule has 0 fully saturated rings. The minimum absolute atomic E-state index is 0. The Kier molecular flexibility index (Phi) is 73.1. The van der Waals surface area contributed by atoms with Gasteiger partial charge < -0.3 is 0 Å². The van der Waals surface area contributed by atoms with Crippen molar-refractivity contribution in [2.75, 3.05) is 0 Å². The molecule has 0 aromatic heterocycles. The fourth-order valence-corrected chi connectivity index (χ4v) is 0.862. The molecule has 0 nitrogen and oxygen atoms in total. The largest absolute Gasteiger partial charge is 0.130 e. The van der Waals surface area contributed by atoms with Crippen molar-refractivity contribution >= 4 is 23.9 Å². The summed E-state index contributed by atoms with van der Waals surface area (Å²) < 4.78 is 0. The van der Waals surface area contributed by atoms with Crippen molar-refractivity contribution in [3.63, 3.8) is 0 Å². The van der Waals surface area contributed by atoms with Crippen LogP contribution in [-0.2, 0) is 0 Å². The average Bonchev–Trinajstić information content (AvgIpc) is 2.61. The number of allylic oxidation sites excluding steroid dienone is 1. The summed E-state index contributed by atoms with van der Waals surface area (Å²) in [6.07, 6.45) is 19.8. The van der Waals surface area contributed by atoms with Crippen molar-refractivity contribution in [3.05, 3.63) is 17.9 Å². The Balaban J connectivity index is -0.0000000772. The van der Waals surface area contributed by atoms with Gasteiger partial charge in [-0.05, 0) is 37.8 Å². The van der Waals surface area contributed by atoms with E-state index < -0.39 is 0 Å². The van der Waals surface area contributed by atoms with Gasteiger partial charge in [0.25, 0.3) is 0 Å². The van der Waals surface area contributed by atoms with Gasteiger partial charge in [0.05, 0.1) is 0 Å². The van der Waals surface area contributed by atoms with Crippen LogP contribution in [0.3, 0.4) is 0 Å². The maximum absolute atomic E-state index is 3.20. The summed E-state index contributed by atoms with van der Waals surface area (Å²) in [6, 6.07) is 0. The maximum Gasteiger partial charge on any atom is 0 e. The van der Waals surface area contributed by atoms with E-state index in [2.05, 4.69) is 73.3 Å². The van der Waals surface area contributed by atoms with Gasteiger partial charge in [0, 0.05) is 23.9 Å². The van der Waals surface area contributed by atoms with Crippen molar-refractivity contribution in [1.29, 1.82) is 0 Å². The Morgan fingerprint density at radius 1 is 0.458 bits per heavy atom. The molecule has 0 bridgehead atoms. The van der Waals surface area contributed by atoms with Crippen LogP contribution in [0.2, 0.25) is 0 Å². The molecule has 0 aromatic rings. The van der Waals surface area contributed by atoms with Gasteiger partial charge in [-0.25, -0.2) is 0 Å². The van der Waals surface area contributed by atoms with E-state index in [1.165, 1.54) is 77.0 Å². The topological polar surface area (TPSA) is 0 Å². The number of unbranched alkanes of at least 4 members (excludes halogenated alkanes) is 7. The molecule has 0 N–H and O–H groups in total. The Hall–Kier alpha value is 0.319. The Morgan fingerprint density at radius 3 is 0.875 bits per heavy atom. The Labute approximate surface area is 173 Å². The molecule has 0 saturated carbocycles. The van der Waals surface area contributed by atoms with Gasteiger partial charge in [0.2, 0.25) is 0 Å². The van der Waals surface area contributed by atoms with Crippen LogP contribution in [0.25, 0.3) is 0 Å². The van der Waals surface area contributed by atoms with E-state index >= 15 is 0 Å². The average molecular weight is 445 g/mol.